The highest BCUT2D eigenvalue weighted by Crippen LogP contribution is 2.52. The molecule has 1 unspecified atom stereocenters. The summed E-state index contributed by atoms with van der Waals surface area (Å²) in [5, 5.41) is 19.7. The molecule has 7 rings (SSSR count). The Hall–Kier alpha value is -6.46. The number of carbonyl (C=O) groups excluding carboxylic acids is 3. The number of anilines is 3. The van der Waals surface area contributed by atoms with E-state index < -0.39 is 50.8 Å². The number of halogens is 4. The molecule has 0 spiro atoms. The molecular weight excluding hydrogens is 817 g/mol. The smallest absolute Gasteiger partial charge is 0.352 e. The standard InChI is InChI=1S/C41H42F4N12O3S/c1-5-56-34(58)22-55(36-37(56)52-33(21-48-36)28-14-15-32(51-24(28)2)35-49-23-50-53-35)17-9-7-6-8-16-47-38(59)29-13-12-27(19-31(29)42)61-40(3,4)39(60)57(54-61)26-11-10-25(20-46)30(18-26)41(43,44)45/h10-15,18-19,21,23,54,61H,5-9,16-17,22H2,1-4H3,(H,47,59)(H,49,50,53). The number of hydrogen-bond donors (Lipinski definition) is 4. The Morgan fingerprint density at radius 3 is 2.48 bits per heavy atom. The van der Waals surface area contributed by atoms with E-state index in [1.807, 2.05) is 30.9 Å². The summed E-state index contributed by atoms with van der Waals surface area (Å²) in [6.45, 7) is 8.45. The van der Waals surface area contributed by atoms with Crippen molar-refractivity contribution in [3.05, 3.63) is 89.3 Å². The predicted molar refractivity (Wildman–Crippen MR) is 221 cm³/mol. The lowest BCUT2D eigenvalue weighted by atomic mass is 10.1. The first-order valence-corrected chi connectivity index (χ1v) is 20.8. The molecule has 5 aromatic rings. The Bertz CT molecular complexity index is 2530. The Labute approximate surface area is 351 Å². The summed E-state index contributed by atoms with van der Waals surface area (Å²) in [6, 6.07) is 12.2. The average Bonchev–Trinajstić information content (AvgIpc) is 3.85. The van der Waals surface area contributed by atoms with Crippen LogP contribution in [-0.2, 0) is 15.8 Å². The van der Waals surface area contributed by atoms with Crippen molar-refractivity contribution >= 4 is 46.1 Å². The molecule has 1 saturated heterocycles. The number of carbonyl (C=O) groups is 3. The maximum absolute atomic E-state index is 15.4. The summed E-state index contributed by atoms with van der Waals surface area (Å²) in [5.41, 5.74) is 0.641. The lowest BCUT2D eigenvalue weighted by molar-refractivity contribution is -0.137. The van der Waals surface area contributed by atoms with Crippen molar-refractivity contribution in [2.75, 3.05) is 41.0 Å². The van der Waals surface area contributed by atoms with Crippen LogP contribution in [0.15, 0.2) is 66.0 Å². The fraction of sp³-hybridized carbons (Fsp3) is 0.341. The van der Waals surface area contributed by atoms with Gasteiger partial charge in [0.15, 0.2) is 17.5 Å². The maximum Gasteiger partial charge on any atom is 0.417 e. The minimum absolute atomic E-state index is 0.0786. The molecule has 318 valence electrons. The van der Waals surface area contributed by atoms with Gasteiger partial charge in [0.05, 0.1) is 51.6 Å². The number of benzene rings is 2. The fourth-order valence-corrected chi connectivity index (χ4v) is 9.43. The third kappa shape index (κ3) is 8.61. The van der Waals surface area contributed by atoms with Gasteiger partial charge in [0.1, 0.15) is 17.8 Å². The number of aromatic nitrogens is 6. The summed E-state index contributed by atoms with van der Waals surface area (Å²) >= 11 is -1.68. The molecule has 20 heteroatoms. The first kappa shape index (κ1) is 42.7. The molecule has 2 aliphatic heterocycles. The number of amides is 3. The van der Waals surface area contributed by atoms with Crippen LogP contribution >= 0.6 is 11.1 Å². The van der Waals surface area contributed by atoms with Crippen molar-refractivity contribution in [2.24, 2.45) is 0 Å². The number of nitrogens with one attached hydrogen (secondary N) is 3. The van der Waals surface area contributed by atoms with E-state index in [1.54, 1.807) is 24.9 Å². The van der Waals surface area contributed by atoms with Crippen LogP contribution in [0.25, 0.3) is 22.8 Å². The van der Waals surface area contributed by atoms with Crippen molar-refractivity contribution in [1.29, 1.82) is 5.26 Å². The van der Waals surface area contributed by atoms with Gasteiger partial charge in [-0.2, -0.15) is 28.4 Å². The highest BCUT2D eigenvalue weighted by molar-refractivity contribution is 8.17. The largest absolute Gasteiger partial charge is 0.417 e. The van der Waals surface area contributed by atoms with Crippen molar-refractivity contribution < 1.29 is 31.9 Å². The van der Waals surface area contributed by atoms with Gasteiger partial charge >= 0.3 is 6.18 Å². The van der Waals surface area contributed by atoms with Crippen molar-refractivity contribution in [3.63, 3.8) is 0 Å². The van der Waals surface area contributed by atoms with Gasteiger partial charge in [-0.25, -0.2) is 29.3 Å². The third-order valence-electron chi connectivity index (χ3n) is 10.5. The van der Waals surface area contributed by atoms with Crippen molar-refractivity contribution in [2.45, 2.75) is 69.2 Å². The van der Waals surface area contributed by atoms with Crippen LogP contribution in [0.3, 0.4) is 0 Å². The molecule has 0 bridgehead atoms. The van der Waals surface area contributed by atoms with Crippen LogP contribution in [0.1, 0.15) is 73.6 Å². The van der Waals surface area contributed by atoms with Crippen LogP contribution in [0, 0.1) is 24.1 Å². The molecule has 15 nitrogen and oxygen atoms in total. The minimum atomic E-state index is -4.82. The summed E-state index contributed by atoms with van der Waals surface area (Å²) in [4.78, 5) is 64.9. The number of unbranched alkanes of at least 4 members (excludes halogenated alkanes) is 3. The number of thiol groups is 1. The molecule has 3 amide bonds. The van der Waals surface area contributed by atoms with E-state index in [0.29, 0.717) is 65.5 Å². The zero-order valence-corrected chi connectivity index (χ0v) is 34.5. The molecule has 2 aliphatic rings. The zero-order valence-electron chi connectivity index (χ0n) is 33.6. The van der Waals surface area contributed by atoms with Crippen LogP contribution in [0.4, 0.5) is 34.9 Å². The topological polar surface area (TPSA) is 189 Å². The maximum atomic E-state index is 15.4. The Morgan fingerprint density at radius 2 is 1.79 bits per heavy atom. The number of aryl methyl sites for hydroxylation is 1. The lowest BCUT2D eigenvalue weighted by Crippen LogP contribution is -2.47. The van der Waals surface area contributed by atoms with Crippen LogP contribution < -0.4 is 25.0 Å². The SMILES string of the molecule is CCN1C(=O)CN(CCCCCCNC(=O)c2ccc([SH]3NN(c4ccc(C#N)c(C(F)(F)F)c4)C(=O)C3(C)C)cc2F)c2ncc(-c3ccc(-c4nc[nH]n4)nc3C)nc21. The first-order valence-electron chi connectivity index (χ1n) is 19.5. The Morgan fingerprint density at radius 1 is 1.00 bits per heavy atom. The second-order valence-corrected chi connectivity index (χ2v) is 17.4. The van der Waals surface area contributed by atoms with E-state index in [1.165, 1.54) is 30.6 Å². The first-order chi connectivity index (χ1) is 29.1. The van der Waals surface area contributed by atoms with E-state index in [9.17, 15) is 27.6 Å². The van der Waals surface area contributed by atoms with Gasteiger partial charge < -0.3 is 10.2 Å². The number of hydrogen-bond acceptors (Lipinski definition) is 11. The van der Waals surface area contributed by atoms with E-state index in [-0.39, 0.29) is 23.7 Å². The Kier molecular flexibility index (Phi) is 12.1. The van der Waals surface area contributed by atoms with Gasteiger partial charge in [-0.05, 0) is 89.1 Å². The van der Waals surface area contributed by atoms with E-state index in [4.69, 9.17) is 15.2 Å². The van der Waals surface area contributed by atoms with Gasteiger partial charge in [0.2, 0.25) is 5.91 Å². The highest BCUT2D eigenvalue weighted by Gasteiger charge is 2.47. The molecule has 3 aromatic heterocycles. The summed E-state index contributed by atoms with van der Waals surface area (Å²) in [7, 11) is 0. The number of H-pyrrole nitrogens is 1. The minimum Gasteiger partial charge on any atom is -0.352 e. The number of nitrogens with zero attached hydrogens (tertiary/aromatic N) is 9. The van der Waals surface area contributed by atoms with Gasteiger partial charge in [0.25, 0.3) is 11.8 Å². The molecule has 1 atom stereocenters. The number of likely N-dealkylation sites (N-methyl/N-ethyl adjacent to an activating group) is 1. The summed E-state index contributed by atoms with van der Waals surface area (Å²) in [6.07, 6.45) is 1.29. The fourth-order valence-electron chi connectivity index (χ4n) is 7.25. The molecule has 2 aromatic carbocycles. The number of nitriles is 1. The highest BCUT2D eigenvalue weighted by atomic mass is 32.2. The normalized spacial score (nSPS) is 16.8. The van der Waals surface area contributed by atoms with Gasteiger partial charge in [-0.15, -0.1) is 11.1 Å². The van der Waals surface area contributed by atoms with E-state index in [2.05, 4.69) is 30.3 Å². The van der Waals surface area contributed by atoms with Crippen LogP contribution in [-0.4, -0.2) is 78.8 Å². The number of rotatable bonds is 13. The van der Waals surface area contributed by atoms with Gasteiger partial charge in [0, 0.05) is 35.8 Å². The molecule has 3 N–H and O–H groups in total. The van der Waals surface area contributed by atoms with Crippen molar-refractivity contribution in [1.82, 2.24) is 40.3 Å². The number of alkyl halides is 3. The van der Waals surface area contributed by atoms with Gasteiger partial charge in [-0.3, -0.25) is 24.4 Å². The number of aromatic amines is 1. The molecular formula is C41H42F4N12O3S. The van der Waals surface area contributed by atoms with Crippen LogP contribution in [0.2, 0.25) is 0 Å². The molecule has 5 heterocycles. The molecule has 1 fully saturated rings. The number of pyridine rings is 1. The molecule has 0 radical (unpaired) electrons. The quantitative estimate of drug-likeness (QED) is 0.0581. The zero-order chi connectivity index (χ0) is 43.6. The Balaban J connectivity index is 0.912. The van der Waals surface area contributed by atoms with Gasteiger partial charge in [-0.1, -0.05) is 12.8 Å². The number of fused-ring (bicyclic) bond motifs is 1. The lowest BCUT2D eigenvalue weighted by Gasteiger charge is -2.35. The summed E-state index contributed by atoms with van der Waals surface area (Å²) in [5.74, 6) is -0.435. The molecule has 0 aliphatic carbocycles. The number of hydrazine groups is 1. The summed E-state index contributed by atoms with van der Waals surface area (Å²) < 4.78 is 55.2. The monoisotopic (exact) mass is 858 g/mol. The average molecular weight is 859 g/mol. The predicted octanol–water partition coefficient (Wildman–Crippen LogP) is 6.43. The molecule has 61 heavy (non-hydrogen) atoms. The second-order valence-electron chi connectivity index (χ2n) is 14.9. The third-order valence-corrected chi connectivity index (χ3v) is 13.0. The van der Waals surface area contributed by atoms with Crippen LogP contribution in [0.5, 0.6) is 0 Å². The molecule has 0 saturated carbocycles. The second kappa shape index (κ2) is 17.3. The van der Waals surface area contributed by atoms with Crippen molar-refractivity contribution in [3.8, 4) is 28.8 Å². The van der Waals surface area contributed by atoms with E-state index in [0.717, 1.165) is 48.0 Å². The van der Waals surface area contributed by atoms with E-state index >= 15 is 4.39 Å².